The zero-order chi connectivity index (χ0) is 21.1. The summed E-state index contributed by atoms with van der Waals surface area (Å²) in [5, 5.41) is 3.02. The number of fused-ring (bicyclic) bond motifs is 1. The van der Waals surface area contributed by atoms with Crippen molar-refractivity contribution in [2.45, 2.75) is 26.2 Å². The molecule has 0 aliphatic rings. The highest BCUT2D eigenvalue weighted by molar-refractivity contribution is 5.91. The molecule has 5 heteroatoms. The summed E-state index contributed by atoms with van der Waals surface area (Å²) in [6.07, 6.45) is 4.16. The second-order valence-corrected chi connectivity index (χ2v) is 7.52. The zero-order valence-electron chi connectivity index (χ0n) is 17.4. The second kappa shape index (κ2) is 8.41. The number of imidazole rings is 1. The molecule has 0 radical (unpaired) electrons. The topological polar surface area (TPSA) is 55.6 Å². The van der Waals surface area contributed by atoms with E-state index < -0.39 is 0 Å². The van der Waals surface area contributed by atoms with Crippen molar-refractivity contribution in [1.29, 1.82) is 0 Å². The van der Waals surface area contributed by atoms with Crippen LogP contribution in [0.15, 0.2) is 73.1 Å². The highest BCUT2D eigenvalue weighted by atomic mass is 16.5. The average molecular weight is 399 g/mol. The molecule has 1 unspecified atom stereocenters. The van der Waals surface area contributed by atoms with Gasteiger partial charge in [0.25, 0.3) is 0 Å². The van der Waals surface area contributed by atoms with E-state index in [4.69, 9.17) is 4.74 Å². The van der Waals surface area contributed by atoms with Crippen LogP contribution in [0.3, 0.4) is 0 Å². The molecular weight excluding hydrogens is 374 g/mol. The Morgan fingerprint density at radius 3 is 2.67 bits per heavy atom. The summed E-state index contributed by atoms with van der Waals surface area (Å²) in [5.74, 6) is 0.554. The number of methoxy groups -OCH3 is 1. The van der Waals surface area contributed by atoms with Gasteiger partial charge in [0.05, 0.1) is 12.8 Å². The maximum absolute atomic E-state index is 13.0. The van der Waals surface area contributed by atoms with Crippen LogP contribution >= 0.6 is 0 Å². The Morgan fingerprint density at radius 2 is 1.90 bits per heavy atom. The van der Waals surface area contributed by atoms with Gasteiger partial charge in [-0.05, 0) is 55.3 Å². The van der Waals surface area contributed by atoms with E-state index in [1.165, 1.54) is 0 Å². The van der Waals surface area contributed by atoms with Gasteiger partial charge in [0.1, 0.15) is 11.4 Å². The molecule has 0 bridgehead atoms. The monoisotopic (exact) mass is 399 g/mol. The van der Waals surface area contributed by atoms with E-state index in [2.05, 4.69) is 14.7 Å². The van der Waals surface area contributed by atoms with E-state index in [1.54, 1.807) is 7.11 Å². The first-order valence-electron chi connectivity index (χ1n) is 9.98. The van der Waals surface area contributed by atoms with Crippen molar-refractivity contribution in [2.24, 2.45) is 0 Å². The summed E-state index contributed by atoms with van der Waals surface area (Å²) in [5.41, 5.74) is 5.93. The van der Waals surface area contributed by atoms with E-state index in [0.29, 0.717) is 6.42 Å². The van der Waals surface area contributed by atoms with Crippen molar-refractivity contribution in [3.63, 3.8) is 0 Å². The normalized spacial score (nSPS) is 12.0. The minimum atomic E-state index is -0.164. The van der Waals surface area contributed by atoms with Crippen LogP contribution in [-0.2, 0) is 4.79 Å². The number of carbonyl (C=O) groups is 1. The van der Waals surface area contributed by atoms with E-state index >= 15 is 0 Å². The summed E-state index contributed by atoms with van der Waals surface area (Å²) in [6, 6.07) is 19.7. The van der Waals surface area contributed by atoms with E-state index in [-0.39, 0.29) is 11.8 Å². The molecule has 4 rings (SSSR count). The van der Waals surface area contributed by atoms with E-state index in [9.17, 15) is 4.79 Å². The molecule has 1 atom stereocenters. The molecule has 2 aromatic heterocycles. The number of hydrogen-bond acceptors (Lipinski definition) is 3. The summed E-state index contributed by atoms with van der Waals surface area (Å²) in [4.78, 5) is 17.6. The number of carbonyl (C=O) groups excluding carboxylic acids is 1. The Labute approximate surface area is 176 Å². The maximum Gasteiger partial charge on any atom is 0.225 e. The Balaban J connectivity index is 1.70. The molecule has 30 heavy (non-hydrogen) atoms. The number of aromatic nitrogens is 2. The molecule has 0 aliphatic carbocycles. The van der Waals surface area contributed by atoms with Gasteiger partial charge in [-0.15, -0.1) is 0 Å². The Hall–Kier alpha value is -3.60. The number of pyridine rings is 1. The first-order valence-corrected chi connectivity index (χ1v) is 9.98. The molecule has 4 aromatic rings. The van der Waals surface area contributed by atoms with Crippen LogP contribution in [0.2, 0.25) is 0 Å². The summed E-state index contributed by atoms with van der Waals surface area (Å²) >= 11 is 0. The van der Waals surface area contributed by atoms with Crippen molar-refractivity contribution in [3.05, 3.63) is 95.4 Å². The van der Waals surface area contributed by atoms with Gasteiger partial charge in [-0.25, -0.2) is 4.98 Å². The number of rotatable bonds is 6. The van der Waals surface area contributed by atoms with Gasteiger partial charge in [0, 0.05) is 30.4 Å². The number of benzene rings is 2. The summed E-state index contributed by atoms with van der Waals surface area (Å²) in [7, 11) is 1.65. The molecule has 0 fully saturated rings. The van der Waals surface area contributed by atoms with Crippen LogP contribution in [0.25, 0.3) is 5.65 Å². The molecule has 152 valence electrons. The lowest BCUT2D eigenvalue weighted by atomic mass is 9.92. The zero-order valence-corrected chi connectivity index (χ0v) is 17.4. The quantitative estimate of drug-likeness (QED) is 0.490. The molecule has 0 aliphatic heterocycles. The van der Waals surface area contributed by atoms with E-state index in [0.717, 1.165) is 39.5 Å². The fourth-order valence-electron chi connectivity index (χ4n) is 3.71. The highest BCUT2D eigenvalue weighted by Gasteiger charge is 2.23. The van der Waals surface area contributed by atoms with Crippen molar-refractivity contribution < 1.29 is 9.53 Å². The summed E-state index contributed by atoms with van der Waals surface area (Å²) < 4.78 is 7.49. The lowest BCUT2D eigenvalue weighted by Gasteiger charge is -2.18. The van der Waals surface area contributed by atoms with Crippen molar-refractivity contribution >= 4 is 17.2 Å². The number of nitrogens with one attached hydrogen (secondary N) is 1. The van der Waals surface area contributed by atoms with Gasteiger partial charge in [-0.1, -0.05) is 35.9 Å². The van der Waals surface area contributed by atoms with E-state index in [1.807, 2.05) is 86.9 Å². The first kappa shape index (κ1) is 19.7. The van der Waals surface area contributed by atoms with Crippen molar-refractivity contribution in [1.82, 2.24) is 9.38 Å². The van der Waals surface area contributed by atoms with Crippen LogP contribution in [0.1, 0.15) is 34.7 Å². The number of ether oxygens (including phenoxy) is 1. The fourth-order valence-corrected chi connectivity index (χ4v) is 3.71. The maximum atomic E-state index is 13.0. The van der Waals surface area contributed by atoms with Gasteiger partial charge in [-0.2, -0.15) is 0 Å². The van der Waals surface area contributed by atoms with Crippen molar-refractivity contribution in [2.75, 3.05) is 12.4 Å². The fraction of sp³-hybridized carbons (Fsp3) is 0.200. The minimum Gasteiger partial charge on any atom is -0.497 e. The SMILES string of the molecule is COc1cccc(C(CC(=O)Nc2ccc(C)cc2)c2cnc3c(C)cccn23)c1. The van der Waals surface area contributed by atoms with Crippen LogP contribution < -0.4 is 10.1 Å². The third-order valence-electron chi connectivity index (χ3n) is 5.34. The highest BCUT2D eigenvalue weighted by Crippen LogP contribution is 2.31. The molecule has 0 spiro atoms. The third-order valence-corrected chi connectivity index (χ3v) is 5.34. The lowest BCUT2D eigenvalue weighted by Crippen LogP contribution is -2.17. The van der Waals surface area contributed by atoms with Crippen LogP contribution in [0.4, 0.5) is 5.69 Å². The smallest absolute Gasteiger partial charge is 0.225 e. The predicted molar refractivity (Wildman–Crippen MR) is 119 cm³/mol. The molecule has 1 N–H and O–H groups in total. The van der Waals surface area contributed by atoms with Gasteiger partial charge >= 0.3 is 0 Å². The lowest BCUT2D eigenvalue weighted by molar-refractivity contribution is -0.116. The largest absolute Gasteiger partial charge is 0.497 e. The Bertz CT molecular complexity index is 1180. The molecule has 2 heterocycles. The van der Waals surface area contributed by atoms with Crippen LogP contribution in [0, 0.1) is 13.8 Å². The van der Waals surface area contributed by atoms with Crippen LogP contribution in [-0.4, -0.2) is 22.4 Å². The standard InChI is InChI=1S/C25H25N3O2/c1-17-9-11-20(12-10-17)27-24(29)15-22(19-7-4-8-21(14-19)30-3)23-16-26-25-18(2)6-5-13-28(23)25/h4-14,16,22H,15H2,1-3H3,(H,27,29). The molecule has 5 nitrogen and oxygen atoms in total. The third kappa shape index (κ3) is 4.06. The molecule has 2 aromatic carbocycles. The Kier molecular flexibility index (Phi) is 5.53. The van der Waals surface area contributed by atoms with Gasteiger partial charge in [-0.3, -0.25) is 4.79 Å². The van der Waals surface area contributed by atoms with Crippen LogP contribution in [0.5, 0.6) is 5.75 Å². The van der Waals surface area contributed by atoms with Crippen molar-refractivity contribution in [3.8, 4) is 5.75 Å². The number of nitrogens with zero attached hydrogens (tertiary/aromatic N) is 2. The second-order valence-electron chi connectivity index (χ2n) is 7.52. The molecule has 1 amide bonds. The Morgan fingerprint density at radius 1 is 1.10 bits per heavy atom. The summed E-state index contributed by atoms with van der Waals surface area (Å²) in [6.45, 7) is 4.06. The number of anilines is 1. The number of aryl methyl sites for hydroxylation is 2. The molecule has 0 saturated carbocycles. The predicted octanol–water partition coefficient (Wildman–Crippen LogP) is 5.12. The first-order chi connectivity index (χ1) is 14.5. The van der Waals surface area contributed by atoms with Gasteiger partial charge in [0.2, 0.25) is 5.91 Å². The van der Waals surface area contributed by atoms with Gasteiger partial charge in [0.15, 0.2) is 0 Å². The number of amides is 1. The molecule has 0 saturated heterocycles. The van der Waals surface area contributed by atoms with Gasteiger partial charge < -0.3 is 14.5 Å². The molecular formula is C25H25N3O2. The average Bonchev–Trinajstić information content (AvgIpc) is 3.19. The minimum absolute atomic E-state index is 0.0470. The number of hydrogen-bond donors (Lipinski definition) is 1.